The molecule has 3 rings (SSSR count). The fourth-order valence-corrected chi connectivity index (χ4v) is 2.48. The van der Waals surface area contributed by atoms with Crippen LogP contribution in [0, 0.1) is 12.7 Å². The van der Waals surface area contributed by atoms with Gasteiger partial charge < -0.3 is 9.73 Å². The van der Waals surface area contributed by atoms with E-state index in [0.717, 1.165) is 43.1 Å². The summed E-state index contributed by atoms with van der Waals surface area (Å²) in [5, 5.41) is 3.33. The molecule has 2 aromatic rings. The van der Waals surface area contributed by atoms with E-state index in [1.165, 1.54) is 6.07 Å². The van der Waals surface area contributed by atoms with Crippen molar-refractivity contribution in [3.63, 3.8) is 0 Å². The molecule has 19 heavy (non-hydrogen) atoms. The minimum absolute atomic E-state index is 0.193. The molecular formula is C15H17FN2O. The van der Waals surface area contributed by atoms with Crippen molar-refractivity contribution in [2.24, 2.45) is 0 Å². The first-order valence-electron chi connectivity index (χ1n) is 6.67. The molecule has 0 spiro atoms. The molecule has 1 aromatic carbocycles. The molecule has 100 valence electrons. The van der Waals surface area contributed by atoms with Crippen LogP contribution in [0.15, 0.2) is 28.8 Å². The zero-order valence-electron chi connectivity index (χ0n) is 10.9. The number of benzene rings is 1. The number of piperidine rings is 1. The predicted molar refractivity (Wildman–Crippen MR) is 71.5 cm³/mol. The number of oxazole rings is 1. The lowest BCUT2D eigenvalue weighted by Gasteiger charge is -2.19. The second kappa shape index (κ2) is 5.13. The summed E-state index contributed by atoms with van der Waals surface area (Å²) in [6.07, 6.45) is 3.86. The smallest absolute Gasteiger partial charge is 0.198 e. The Morgan fingerprint density at radius 3 is 2.84 bits per heavy atom. The maximum absolute atomic E-state index is 13.3. The van der Waals surface area contributed by atoms with E-state index < -0.39 is 0 Å². The highest BCUT2D eigenvalue weighted by Crippen LogP contribution is 2.29. The lowest BCUT2D eigenvalue weighted by atomic mass is 9.98. The molecule has 1 aliphatic heterocycles. The molecule has 0 amide bonds. The van der Waals surface area contributed by atoms with Crippen LogP contribution in [-0.4, -0.2) is 18.1 Å². The van der Waals surface area contributed by atoms with Crippen molar-refractivity contribution in [3.05, 3.63) is 41.7 Å². The molecule has 1 aromatic heterocycles. The van der Waals surface area contributed by atoms with Gasteiger partial charge in [0.25, 0.3) is 0 Å². The molecule has 0 atom stereocenters. The summed E-state index contributed by atoms with van der Waals surface area (Å²) in [4.78, 5) is 4.38. The Morgan fingerprint density at radius 2 is 2.11 bits per heavy atom. The normalized spacial score (nSPS) is 16.7. The Morgan fingerprint density at radius 1 is 1.32 bits per heavy atom. The number of nitrogens with zero attached hydrogens (tertiary/aromatic N) is 1. The van der Waals surface area contributed by atoms with Gasteiger partial charge in [-0.2, -0.15) is 0 Å². The Kier molecular flexibility index (Phi) is 3.34. The molecule has 4 heteroatoms. The minimum atomic E-state index is -0.193. The van der Waals surface area contributed by atoms with Gasteiger partial charge >= 0.3 is 0 Å². The quantitative estimate of drug-likeness (QED) is 0.900. The SMILES string of the molecule is Cc1cc(-c2cnc(C3CCNCC3)o2)ccc1F. The van der Waals surface area contributed by atoms with Crippen molar-refractivity contribution in [2.45, 2.75) is 25.7 Å². The molecule has 0 bridgehead atoms. The van der Waals surface area contributed by atoms with Crippen LogP contribution in [-0.2, 0) is 0 Å². The van der Waals surface area contributed by atoms with Gasteiger partial charge in [-0.15, -0.1) is 0 Å². The number of hydrogen-bond acceptors (Lipinski definition) is 3. The fraction of sp³-hybridized carbons (Fsp3) is 0.400. The third-order valence-corrected chi connectivity index (χ3v) is 3.65. The summed E-state index contributed by atoms with van der Waals surface area (Å²) in [6.45, 7) is 3.78. The second-order valence-corrected chi connectivity index (χ2v) is 5.05. The van der Waals surface area contributed by atoms with E-state index in [1.807, 2.05) is 0 Å². The molecule has 0 aliphatic carbocycles. The number of aryl methyl sites for hydroxylation is 1. The minimum Gasteiger partial charge on any atom is -0.440 e. The van der Waals surface area contributed by atoms with Crippen LogP contribution in [0.5, 0.6) is 0 Å². The topological polar surface area (TPSA) is 38.1 Å². The molecule has 1 fully saturated rings. The van der Waals surface area contributed by atoms with Crippen LogP contribution in [0.1, 0.15) is 30.2 Å². The van der Waals surface area contributed by atoms with E-state index in [9.17, 15) is 4.39 Å². The zero-order chi connectivity index (χ0) is 13.2. The summed E-state index contributed by atoms with van der Waals surface area (Å²) in [5.41, 5.74) is 1.50. The van der Waals surface area contributed by atoms with Gasteiger partial charge in [0.2, 0.25) is 0 Å². The van der Waals surface area contributed by atoms with E-state index >= 15 is 0 Å². The average molecular weight is 260 g/mol. The van der Waals surface area contributed by atoms with Crippen LogP contribution in [0.25, 0.3) is 11.3 Å². The highest BCUT2D eigenvalue weighted by Gasteiger charge is 2.20. The molecular weight excluding hydrogens is 243 g/mol. The lowest BCUT2D eigenvalue weighted by molar-refractivity contribution is 0.378. The molecule has 1 aliphatic rings. The number of rotatable bonds is 2. The first-order valence-corrected chi connectivity index (χ1v) is 6.67. The van der Waals surface area contributed by atoms with E-state index in [-0.39, 0.29) is 5.82 Å². The molecule has 0 unspecified atom stereocenters. The molecule has 0 saturated carbocycles. The Hall–Kier alpha value is -1.68. The van der Waals surface area contributed by atoms with Crippen molar-refractivity contribution in [1.82, 2.24) is 10.3 Å². The van der Waals surface area contributed by atoms with Crippen LogP contribution in [0.4, 0.5) is 4.39 Å². The number of hydrogen-bond donors (Lipinski definition) is 1. The van der Waals surface area contributed by atoms with Gasteiger partial charge in [0.15, 0.2) is 11.7 Å². The van der Waals surface area contributed by atoms with Gasteiger partial charge in [0, 0.05) is 11.5 Å². The van der Waals surface area contributed by atoms with E-state index in [1.54, 1.807) is 25.3 Å². The summed E-state index contributed by atoms with van der Waals surface area (Å²) < 4.78 is 19.1. The number of aromatic nitrogens is 1. The zero-order valence-corrected chi connectivity index (χ0v) is 10.9. The first kappa shape index (κ1) is 12.4. The number of halogens is 1. The van der Waals surface area contributed by atoms with E-state index in [2.05, 4.69) is 10.3 Å². The summed E-state index contributed by atoms with van der Waals surface area (Å²) in [5.74, 6) is 1.73. The Labute approximate surface area is 111 Å². The van der Waals surface area contributed by atoms with Crippen LogP contribution in [0.2, 0.25) is 0 Å². The van der Waals surface area contributed by atoms with Gasteiger partial charge in [0.1, 0.15) is 5.82 Å². The summed E-state index contributed by atoms with van der Waals surface area (Å²) in [6, 6.07) is 4.99. The molecule has 1 saturated heterocycles. The largest absolute Gasteiger partial charge is 0.440 e. The maximum atomic E-state index is 13.3. The van der Waals surface area contributed by atoms with E-state index in [4.69, 9.17) is 4.42 Å². The predicted octanol–water partition coefficient (Wildman–Crippen LogP) is 3.26. The molecule has 0 radical (unpaired) electrons. The third-order valence-electron chi connectivity index (χ3n) is 3.65. The Balaban J connectivity index is 1.85. The van der Waals surface area contributed by atoms with Crippen LogP contribution >= 0.6 is 0 Å². The maximum Gasteiger partial charge on any atom is 0.198 e. The number of nitrogens with one attached hydrogen (secondary N) is 1. The van der Waals surface area contributed by atoms with E-state index in [0.29, 0.717) is 11.5 Å². The lowest BCUT2D eigenvalue weighted by Crippen LogP contribution is -2.26. The van der Waals surface area contributed by atoms with Crippen LogP contribution in [0.3, 0.4) is 0 Å². The summed E-state index contributed by atoms with van der Waals surface area (Å²) in [7, 11) is 0. The third kappa shape index (κ3) is 2.54. The summed E-state index contributed by atoms with van der Waals surface area (Å²) >= 11 is 0. The monoisotopic (exact) mass is 260 g/mol. The van der Waals surface area contributed by atoms with Gasteiger partial charge in [-0.3, -0.25) is 0 Å². The first-order chi connectivity index (χ1) is 9.24. The van der Waals surface area contributed by atoms with Crippen LogP contribution < -0.4 is 5.32 Å². The highest BCUT2D eigenvalue weighted by molar-refractivity contribution is 5.57. The van der Waals surface area contributed by atoms with Crippen molar-refractivity contribution in [3.8, 4) is 11.3 Å². The van der Waals surface area contributed by atoms with Gasteiger partial charge in [-0.1, -0.05) is 0 Å². The molecule has 1 N–H and O–H groups in total. The van der Waals surface area contributed by atoms with Crippen molar-refractivity contribution < 1.29 is 8.81 Å². The fourth-order valence-electron chi connectivity index (χ4n) is 2.48. The Bertz CT molecular complexity index is 573. The van der Waals surface area contributed by atoms with Crippen molar-refractivity contribution in [2.75, 3.05) is 13.1 Å². The standard InChI is InChI=1S/C15H17FN2O/c1-10-8-12(2-3-13(10)16)14-9-18-15(19-14)11-4-6-17-7-5-11/h2-3,8-9,11,17H,4-7H2,1H3. The van der Waals surface area contributed by atoms with Gasteiger partial charge in [-0.05, 0) is 56.6 Å². The van der Waals surface area contributed by atoms with Crippen molar-refractivity contribution in [1.29, 1.82) is 0 Å². The molecule has 2 heterocycles. The molecule has 3 nitrogen and oxygen atoms in total. The van der Waals surface area contributed by atoms with Crippen molar-refractivity contribution >= 4 is 0 Å². The second-order valence-electron chi connectivity index (χ2n) is 5.05. The highest BCUT2D eigenvalue weighted by atomic mass is 19.1. The van der Waals surface area contributed by atoms with Gasteiger partial charge in [-0.25, -0.2) is 9.37 Å². The van der Waals surface area contributed by atoms with Gasteiger partial charge in [0.05, 0.1) is 6.20 Å². The average Bonchev–Trinajstić information content (AvgIpc) is 2.93.